The van der Waals surface area contributed by atoms with E-state index in [1.54, 1.807) is 12.1 Å². The second kappa shape index (κ2) is 3.16. The van der Waals surface area contributed by atoms with Crippen LogP contribution in [0.4, 0.5) is 8.78 Å². The van der Waals surface area contributed by atoms with Crippen LogP contribution < -0.4 is 0 Å². The Kier molecular flexibility index (Phi) is 2.27. The summed E-state index contributed by atoms with van der Waals surface area (Å²) in [5, 5.41) is 2.18. The van der Waals surface area contributed by atoms with Crippen LogP contribution in [0.1, 0.15) is 5.56 Å². The topological polar surface area (TPSA) is 0 Å². The Bertz CT molecular complexity index is 430. The molecule has 4 heteroatoms. The van der Waals surface area contributed by atoms with Crippen molar-refractivity contribution in [3.63, 3.8) is 0 Å². The van der Waals surface area contributed by atoms with Crippen LogP contribution in [0.25, 0.3) is 10.1 Å². The molecule has 0 aliphatic rings. The van der Waals surface area contributed by atoms with Gasteiger partial charge in [-0.15, -0.1) is 11.3 Å². The summed E-state index contributed by atoms with van der Waals surface area (Å²) in [6, 6.07) is 7.22. The van der Waals surface area contributed by atoms with Crippen LogP contribution in [0.5, 0.6) is 0 Å². The Labute approximate surface area is 91.7 Å². The summed E-state index contributed by atoms with van der Waals surface area (Å²) in [7, 11) is 0. The Morgan fingerprint density at radius 1 is 1.23 bits per heavy atom. The summed E-state index contributed by atoms with van der Waals surface area (Å²) in [5.74, 6) is 0. The maximum atomic E-state index is 13.0. The van der Waals surface area contributed by atoms with Gasteiger partial charge in [0.1, 0.15) is 0 Å². The first kappa shape index (κ1) is 9.33. The normalized spacial score (nSPS) is 12.2. The molecule has 0 nitrogen and oxygen atoms in total. The van der Waals surface area contributed by atoms with E-state index in [9.17, 15) is 8.78 Å². The number of hydrogen-bond acceptors (Lipinski definition) is 1. The molecule has 0 radical (unpaired) electrons. The molecule has 0 fully saturated rings. The van der Waals surface area contributed by atoms with Crippen molar-refractivity contribution in [2.45, 2.75) is 3.93 Å². The first-order chi connectivity index (χ1) is 6.09. The van der Waals surface area contributed by atoms with Crippen LogP contribution in [0.15, 0.2) is 29.6 Å². The fourth-order valence-electron chi connectivity index (χ4n) is 1.20. The second-order valence-corrected chi connectivity index (χ2v) is 4.91. The van der Waals surface area contributed by atoms with E-state index < -0.39 is 3.93 Å². The Hall–Kier alpha value is -0.230. The minimum atomic E-state index is -2.77. The van der Waals surface area contributed by atoms with Gasteiger partial charge in [-0.1, -0.05) is 18.2 Å². The molecule has 0 amide bonds. The average molecular weight is 310 g/mol. The molecule has 0 saturated heterocycles. The van der Waals surface area contributed by atoms with E-state index in [0.717, 1.165) is 27.3 Å². The number of hydrogen-bond donors (Lipinski definition) is 0. The molecule has 1 aromatic carbocycles. The van der Waals surface area contributed by atoms with Crippen molar-refractivity contribution >= 4 is 44.0 Å². The SMILES string of the molecule is FC(F)(I)c1csc2ccccc12. The lowest BCUT2D eigenvalue weighted by Crippen LogP contribution is -1.99. The Morgan fingerprint density at radius 3 is 2.62 bits per heavy atom. The molecule has 1 heterocycles. The van der Waals surface area contributed by atoms with Gasteiger partial charge in [-0.05, 0) is 6.07 Å². The zero-order chi connectivity index (χ0) is 9.47. The number of halogens is 3. The largest absolute Gasteiger partial charge is 0.323 e. The van der Waals surface area contributed by atoms with Gasteiger partial charge in [0.15, 0.2) is 0 Å². The first-order valence-corrected chi connectivity index (χ1v) is 5.58. The highest BCUT2D eigenvalue weighted by Gasteiger charge is 2.29. The number of alkyl halides is 3. The summed E-state index contributed by atoms with van der Waals surface area (Å²) < 4.78 is 24.2. The minimum Gasteiger partial charge on any atom is -0.189 e. The highest BCUT2D eigenvalue weighted by Crippen LogP contribution is 2.41. The maximum absolute atomic E-state index is 13.0. The van der Waals surface area contributed by atoms with E-state index in [0.29, 0.717) is 5.39 Å². The molecule has 0 saturated carbocycles. The van der Waals surface area contributed by atoms with Gasteiger partial charge >= 0.3 is 3.93 Å². The molecule has 0 N–H and O–H groups in total. The molecule has 0 unspecified atom stereocenters. The molecular formula is C9H5F2IS. The summed E-state index contributed by atoms with van der Waals surface area (Å²) in [6.07, 6.45) is 0. The molecule has 2 aromatic rings. The molecule has 68 valence electrons. The molecule has 0 aliphatic heterocycles. The third-order valence-electron chi connectivity index (χ3n) is 1.79. The lowest BCUT2D eigenvalue weighted by Gasteiger charge is -2.05. The maximum Gasteiger partial charge on any atom is 0.323 e. The third-order valence-corrected chi connectivity index (χ3v) is 3.33. The van der Waals surface area contributed by atoms with Gasteiger partial charge in [0, 0.05) is 43.6 Å². The zero-order valence-electron chi connectivity index (χ0n) is 6.43. The van der Waals surface area contributed by atoms with Crippen molar-refractivity contribution in [3.8, 4) is 0 Å². The van der Waals surface area contributed by atoms with Crippen molar-refractivity contribution in [2.75, 3.05) is 0 Å². The van der Waals surface area contributed by atoms with E-state index in [2.05, 4.69) is 0 Å². The summed E-state index contributed by atoms with van der Waals surface area (Å²) >= 11 is 2.52. The van der Waals surface area contributed by atoms with Crippen molar-refractivity contribution in [1.29, 1.82) is 0 Å². The number of benzene rings is 1. The third kappa shape index (κ3) is 1.69. The van der Waals surface area contributed by atoms with Crippen LogP contribution in [-0.2, 0) is 3.93 Å². The predicted molar refractivity (Wildman–Crippen MR) is 59.7 cm³/mol. The van der Waals surface area contributed by atoms with Gasteiger partial charge in [-0.25, -0.2) is 0 Å². The van der Waals surface area contributed by atoms with Gasteiger partial charge in [0.05, 0.1) is 0 Å². The van der Waals surface area contributed by atoms with Crippen LogP contribution in [-0.4, -0.2) is 0 Å². The molecule has 13 heavy (non-hydrogen) atoms. The molecule has 1 aromatic heterocycles. The van der Waals surface area contributed by atoms with E-state index >= 15 is 0 Å². The van der Waals surface area contributed by atoms with Gasteiger partial charge < -0.3 is 0 Å². The van der Waals surface area contributed by atoms with Crippen molar-refractivity contribution in [3.05, 3.63) is 35.2 Å². The van der Waals surface area contributed by atoms with Gasteiger partial charge in [-0.2, -0.15) is 8.78 Å². The summed E-state index contributed by atoms with van der Waals surface area (Å²) in [5.41, 5.74) is 0.119. The molecule has 2 rings (SSSR count). The summed E-state index contributed by atoms with van der Waals surface area (Å²) in [6.45, 7) is 0. The number of rotatable bonds is 1. The molecule has 0 aliphatic carbocycles. The Morgan fingerprint density at radius 2 is 1.92 bits per heavy atom. The smallest absolute Gasteiger partial charge is 0.189 e. The monoisotopic (exact) mass is 310 g/mol. The average Bonchev–Trinajstić information content (AvgIpc) is 2.45. The molecule has 0 bridgehead atoms. The molecule has 0 atom stereocenters. The highest BCUT2D eigenvalue weighted by atomic mass is 127. The molecular weight excluding hydrogens is 305 g/mol. The van der Waals surface area contributed by atoms with Crippen molar-refractivity contribution in [2.24, 2.45) is 0 Å². The lowest BCUT2D eigenvalue weighted by molar-refractivity contribution is 0.130. The fraction of sp³-hybridized carbons (Fsp3) is 0.111. The van der Waals surface area contributed by atoms with E-state index in [1.165, 1.54) is 16.7 Å². The quantitative estimate of drug-likeness (QED) is 0.541. The van der Waals surface area contributed by atoms with Crippen LogP contribution in [0.3, 0.4) is 0 Å². The van der Waals surface area contributed by atoms with E-state index in [1.807, 2.05) is 12.1 Å². The van der Waals surface area contributed by atoms with Crippen LogP contribution in [0, 0.1) is 0 Å². The lowest BCUT2D eigenvalue weighted by atomic mass is 10.2. The zero-order valence-corrected chi connectivity index (χ0v) is 9.40. The van der Waals surface area contributed by atoms with Crippen LogP contribution >= 0.6 is 33.9 Å². The van der Waals surface area contributed by atoms with Gasteiger partial charge in [0.25, 0.3) is 0 Å². The Balaban J connectivity index is 2.72. The van der Waals surface area contributed by atoms with Crippen molar-refractivity contribution in [1.82, 2.24) is 0 Å². The fourth-order valence-corrected chi connectivity index (χ4v) is 2.84. The van der Waals surface area contributed by atoms with E-state index in [4.69, 9.17) is 0 Å². The van der Waals surface area contributed by atoms with Crippen molar-refractivity contribution < 1.29 is 8.78 Å². The van der Waals surface area contributed by atoms with Gasteiger partial charge in [-0.3, -0.25) is 0 Å². The first-order valence-electron chi connectivity index (χ1n) is 3.62. The molecule has 0 spiro atoms. The number of thiophene rings is 1. The standard InChI is InChI=1S/C9H5F2IS/c10-9(11,12)7-5-13-8-4-2-1-3-6(7)8/h1-5H. The highest BCUT2D eigenvalue weighted by molar-refractivity contribution is 14.1. The minimum absolute atomic E-state index is 0.119. The summed E-state index contributed by atoms with van der Waals surface area (Å²) in [4.78, 5) is 0. The second-order valence-electron chi connectivity index (χ2n) is 2.64. The van der Waals surface area contributed by atoms with Crippen LogP contribution in [0.2, 0.25) is 0 Å². The van der Waals surface area contributed by atoms with Gasteiger partial charge in [0.2, 0.25) is 0 Å². The predicted octanol–water partition coefficient (Wildman–Crippen LogP) is 4.39. The number of fused-ring (bicyclic) bond motifs is 1. The van der Waals surface area contributed by atoms with E-state index in [-0.39, 0.29) is 5.56 Å².